The van der Waals surface area contributed by atoms with Gasteiger partial charge in [0.1, 0.15) is 5.75 Å². The van der Waals surface area contributed by atoms with E-state index in [0.29, 0.717) is 11.4 Å². The summed E-state index contributed by atoms with van der Waals surface area (Å²) in [5.74, 6) is 0.647. The van der Waals surface area contributed by atoms with Gasteiger partial charge in [-0.3, -0.25) is 9.55 Å². The summed E-state index contributed by atoms with van der Waals surface area (Å²) >= 11 is 0. The summed E-state index contributed by atoms with van der Waals surface area (Å²) in [6, 6.07) is 9.53. The molecule has 0 fully saturated rings. The fraction of sp³-hybridized carbons (Fsp3) is 0.0667. The van der Waals surface area contributed by atoms with Crippen LogP contribution >= 0.6 is 0 Å². The number of aromatic nitrogens is 3. The predicted molar refractivity (Wildman–Crippen MR) is 77.8 cm³/mol. The van der Waals surface area contributed by atoms with Crippen LogP contribution in [0.5, 0.6) is 5.75 Å². The summed E-state index contributed by atoms with van der Waals surface area (Å²) in [4.78, 5) is 8.35. The average molecular weight is 266 g/mol. The van der Waals surface area contributed by atoms with Crippen molar-refractivity contribution in [3.05, 3.63) is 55.2 Å². The topological polar surface area (TPSA) is 66.0 Å². The molecule has 5 nitrogen and oxygen atoms in total. The van der Waals surface area contributed by atoms with Gasteiger partial charge in [-0.05, 0) is 24.3 Å². The van der Waals surface area contributed by atoms with Crippen molar-refractivity contribution in [1.82, 2.24) is 14.5 Å². The Morgan fingerprint density at radius 3 is 2.80 bits per heavy atom. The normalized spacial score (nSPS) is 10.4. The van der Waals surface area contributed by atoms with E-state index in [2.05, 4.69) is 9.97 Å². The quantitative estimate of drug-likeness (QED) is 0.740. The van der Waals surface area contributed by atoms with Gasteiger partial charge in [0.25, 0.3) is 0 Å². The van der Waals surface area contributed by atoms with Crippen molar-refractivity contribution in [2.24, 2.45) is 0 Å². The van der Waals surface area contributed by atoms with Crippen molar-refractivity contribution >= 4 is 5.69 Å². The molecule has 0 saturated heterocycles. The molecule has 0 atom stereocenters. The molecule has 3 rings (SSSR count). The zero-order valence-electron chi connectivity index (χ0n) is 11.0. The van der Waals surface area contributed by atoms with E-state index in [4.69, 9.17) is 10.5 Å². The standard InChI is InChI=1S/C15H14N4O/c1-20-15-7-12(4-5-13(15)16)19-10-18-9-14(19)11-3-2-6-17-8-11/h2-10H,16H2,1H3. The van der Waals surface area contributed by atoms with Crippen molar-refractivity contribution < 1.29 is 4.74 Å². The van der Waals surface area contributed by atoms with Gasteiger partial charge in [0.05, 0.1) is 36.7 Å². The molecule has 0 aliphatic rings. The lowest BCUT2D eigenvalue weighted by molar-refractivity contribution is 0.417. The average Bonchev–Trinajstić information content (AvgIpc) is 2.98. The highest BCUT2D eigenvalue weighted by molar-refractivity contribution is 5.63. The smallest absolute Gasteiger partial charge is 0.143 e. The lowest BCUT2D eigenvalue weighted by Gasteiger charge is -2.11. The second kappa shape index (κ2) is 5.05. The molecule has 20 heavy (non-hydrogen) atoms. The summed E-state index contributed by atoms with van der Waals surface area (Å²) in [5.41, 5.74) is 9.35. The van der Waals surface area contributed by atoms with Gasteiger partial charge in [-0.25, -0.2) is 4.98 Å². The zero-order valence-corrected chi connectivity index (χ0v) is 11.0. The van der Waals surface area contributed by atoms with Crippen molar-refractivity contribution in [2.75, 3.05) is 12.8 Å². The SMILES string of the molecule is COc1cc(-n2cncc2-c2cccnc2)ccc1N. The highest BCUT2D eigenvalue weighted by atomic mass is 16.5. The van der Waals surface area contributed by atoms with Crippen LogP contribution in [0.1, 0.15) is 0 Å². The molecule has 2 N–H and O–H groups in total. The van der Waals surface area contributed by atoms with Crippen LogP contribution < -0.4 is 10.5 Å². The number of hydrogen-bond donors (Lipinski definition) is 1. The Labute approximate surface area is 116 Å². The second-order valence-electron chi connectivity index (χ2n) is 4.32. The Morgan fingerprint density at radius 1 is 1.15 bits per heavy atom. The Kier molecular flexibility index (Phi) is 3.09. The molecule has 0 aliphatic carbocycles. The summed E-state index contributed by atoms with van der Waals surface area (Å²) in [6.07, 6.45) is 7.12. The van der Waals surface area contributed by atoms with Gasteiger partial charge in [0, 0.05) is 24.0 Å². The number of anilines is 1. The first-order valence-corrected chi connectivity index (χ1v) is 6.16. The lowest BCUT2D eigenvalue weighted by atomic mass is 10.2. The third kappa shape index (κ3) is 2.09. The van der Waals surface area contributed by atoms with E-state index in [-0.39, 0.29) is 0 Å². The number of hydrogen-bond acceptors (Lipinski definition) is 4. The molecule has 2 heterocycles. The van der Waals surface area contributed by atoms with Gasteiger partial charge < -0.3 is 10.5 Å². The number of nitrogens with zero attached hydrogens (tertiary/aromatic N) is 3. The van der Waals surface area contributed by atoms with E-state index in [0.717, 1.165) is 16.9 Å². The van der Waals surface area contributed by atoms with E-state index in [1.807, 2.05) is 41.1 Å². The van der Waals surface area contributed by atoms with Crippen LogP contribution in [0, 0.1) is 0 Å². The number of imidazole rings is 1. The Bertz CT molecular complexity index is 722. The third-order valence-electron chi connectivity index (χ3n) is 3.09. The number of nitrogen functional groups attached to an aromatic ring is 1. The minimum atomic E-state index is 0.610. The molecule has 100 valence electrons. The number of benzene rings is 1. The molecular formula is C15H14N4O. The van der Waals surface area contributed by atoms with Gasteiger partial charge in [-0.15, -0.1) is 0 Å². The van der Waals surface area contributed by atoms with Crippen LogP contribution in [0.4, 0.5) is 5.69 Å². The van der Waals surface area contributed by atoms with Crippen LogP contribution in [-0.4, -0.2) is 21.6 Å². The summed E-state index contributed by atoms with van der Waals surface area (Å²) in [5, 5.41) is 0. The first-order chi connectivity index (χ1) is 9.79. The van der Waals surface area contributed by atoms with Gasteiger partial charge >= 0.3 is 0 Å². The molecule has 0 aliphatic heterocycles. The molecule has 0 spiro atoms. The van der Waals surface area contributed by atoms with E-state index in [1.54, 1.807) is 25.8 Å². The minimum Gasteiger partial charge on any atom is -0.495 e. The zero-order chi connectivity index (χ0) is 13.9. The van der Waals surface area contributed by atoms with Gasteiger partial charge in [0.15, 0.2) is 0 Å². The fourth-order valence-electron chi connectivity index (χ4n) is 2.08. The van der Waals surface area contributed by atoms with Crippen LogP contribution in [0.25, 0.3) is 16.9 Å². The third-order valence-corrected chi connectivity index (χ3v) is 3.09. The van der Waals surface area contributed by atoms with Gasteiger partial charge in [-0.2, -0.15) is 0 Å². The maximum absolute atomic E-state index is 5.84. The second-order valence-corrected chi connectivity index (χ2v) is 4.32. The van der Waals surface area contributed by atoms with E-state index in [1.165, 1.54) is 0 Å². The summed E-state index contributed by atoms with van der Waals surface area (Å²) < 4.78 is 7.23. The molecular weight excluding hydrogens is 252 g/mol. The van der Waals surface area contributed by atoms with Crippen LogP contribution in [0.2, 0.25) is 0 Å². The van der Waals surface area contributed by atoms with Gasteiger partial charge in [-0.1, -0.05) is 0 Å². The number of ether oxygens (including phenoxy) is 1. The monoisotopic (exact) mass is 266 g/mol. The molecule has 1 aromatic carbocycles. The first kappa shape index (κ1) is 12.2. The predicted octanol–water partition coefficient (Wildman–Crippen LogP) is 2.53. The fourth-order valence-corrected chi connectivity index (χ4v) is 2.08. The largest absolute Gasteiger partial charge is 0.495 e. The van der Waals surface area contributed by atoms with E-state index < -0.39 is 0 Å². The van der Waals surface area contributed by atoms with Gasteiger partial charge in [0.2, 0.25) is 0 Å². The van der Waals surface area contributed by atoms with E-state index in [9.17, 15) is 0 Å². The lowest BCUT2D eigenvalue weighted by Crippen LogP contribution is -1.98. The van der Waals surface area contributed by atoms with Crippen molar-refractivity contribution in [2.45, 2.75) is 0 Å². The number of methoxy groups -OCH3 is 1. The number of rotatable bonds is 3. The van der Waals surface area contributed by atoms with Crippen LogP contribution in [0.3, 0.4) is 0 Å². The molecule has 2 aromatic heterocycles. The summed E-state index contributed by atoms with van der Waals surface area (Å²) in [7, 11) is 1.60. The molecule has 5 heteroatoms. The Hall–Kier alpha value is -2.82. The highest BCUT2D eigenvalue weighted by Gasteiger charge is 2.09. The molecule has 0 bridgehead atoms. The van der Waals surface area contributed by atoms with Crippen molar-refractivity contribution in [3.8, 4) is 22.7 Å². The molecule has 0 radical (unpaired) electrons. The van der Waals surface area contributed by atoms with Crippen molar-refractivity contribution in [3.63, 3.8) is 0 Å². The molecule has 0 amide bonds. The number of pyridine rings is 1. The Balaban J connectivity index is 2.10. The first-order valence-electron chi connectivity index (χ1n) is 6.16. The van der Waals surface area contributed by atoms with Crippen LogP contribution in [0.15, 0.2) is 55.2 Å². The molecule has 0 saturated carbocycles. The maximum Gasteiger partial charge on any atom is 0.143 e. The molecule has 3 aromatic rings. The highest BCUT2D eigenvalue weighted by Crippen LogP contribution is 2.27. The summed E-state index contributed by atoms with van der Waals surface area (Å²) in [6.45, 7) is 0. The Morgan fingerprint density at radius 2 is 2.05 bits per heavy atom. The maximum atomic E-state index is 5.84. The molecule has 0 unspecified atom stereocenters. The van der Waals surface area contributed by atoms with E-state index >= 15 is 0 Å². The minimum absolute atomic E-state index is 0.610. The van der Waals surface area contributed by atoms with Crippen molar-refractivity contribution in [1.29, 1.82) is 0 Å². The van der Waals surface area contributed by atoms with Crippen LogP contribution in [-0.2, 0) is 0 Å². The number of nitrogens with two attached hydrogens (primary N) is 1.